The summed E-state index contributed by atoms with van der Waals surface area (Å²) in [5.74, 6) is 1.32. The zero-order valence-electron chi connectivity index (χ0n) is 17.0. The Bertz CT molecular complexity index is 989. The Morgan fingerprint density at radius 1 is 1.03 bits per heavy atom. The van der Waals surface area contributed by atoms with Gasteiger partial charge in [-0.3, -0.25) is 4.79 Å². The van der Waals surface area contributed by atoms with E-state index in [2.05, 4.69) is 50.0 Å². The van der Waals surface area contributed by atoms with Gasteiger partial charge in [-0.25, -0.2) is 15.0 Å². The minimum Gasteiger partial charge on any atom is -0.370 e. The molecule has 7 nitrogen and oxygen atoms in total. The lowest BCUT2D eigenvalue weighted by Gasteiger charge is -2.10. The topological polar surface area (TPSA) is 91.8 Å². The van der Waals surface area contributed by atoms with Crippen molar-refractivity contribution >= 4 is 23.4 Å². The standard InChI is InChI=1S/C22H26N6O/c1-15-6-4-7-19(12-15)27-22-26-16(2)13-20(28-22)18-8-11-25-21(14-18)24-10-5-9-23-17(3)29/h4,6-8,11-14H,5,9-10H2,1-3H3,(H,23,29)(H,24,25)(H,26,27,28). The molecule has 0 unspecified atom stereocenters. The Hall–Kier alpha value is -3.48. The molecule has 2 heterocycles. The lowest BCUT2D eigenvalue weighted by Crippen LogP contribution is -2.22. The molecule has 3 N–H and O–H groups in total. The predicted octanol–water partition coefficient (Wildman–Crippen LogP) is 3.84. The van der Waals surface area contributed by atoms with Crippen LogP contribution in [0.15, 0.2) is 48.7 Å². The summed E-state index contributed by atoms with van der Waals surface area (Å²) in [5.41, 5.74) is 4.80. The van der Waals surface area contributed by atoms with E-state index in [1.165, 1.54) is 12.5 Å². The fourth-order valence-electron chi connectivity index (χ4n) is 2.88. The van der Waals surface area contributed by atoms with Crippen LogP contribution >= 0.6 is 0 Å². The second-order valence-corrected chi connectivity index (χ2v) is 6.91. The van der Waals surface area contributed by atoms with Gasteiger partial charge in [-0.1, -0.05) is 12.1 Å². The van der Waals surface area contributed by atoms with Crippen molar-refractivity contribution in [1.29, 1.82) is 0 Å². The van der Waals surface area contributed by atoms with Crippen LogP contribution in [-0.4, -0.2) is 33.9 Å². The summed E-state index contributed by atoms with van der Waals surface area (Å²) in [6.07, 6.45) is 2.58. The highest BCUT2D eigenvalue weighted by Crippen LogP contribution is 2.23. The zero-order chi connectivity index (χ0) is 20.6. The van der Waals surface area contributed by atoms with Crippen LogP contribution in [0, 0.1) is 13.8 Å². The Labute approximate surface area is 171 Å². The van der Waals surface area contributed by atoms with E-state index in [1.54, 1.807) is 6.20 Å². The number of carbonyl (C=O) groups is 1. The first-order chi connectivity index (χ1) is 14.0. The normalized spacial score (nSPS) is 10.4. The number of rotatable bonds is 8. The van der Waals surface area contributed by atoms with Crippen molar-refractivity contribution in [2.24, 2.45) is 0 Å². The third-order valence-corrected chi connectivity index (χ3v) is 4.22. The van der Waals surface area contributed by atoms with Crippen molar-refractivity contribution in [2.75, 3.05) is 23.7 Å². The Morgan fingerprint density at radius 3 is 2.69 bits per heavy atom. The van der Waals surface area contributed by atoms with Crippen LogP contribution in [0.25, 0.3) is 11.3 Å². The summed E-state index contributed by atoms with van der Waals surface area (Å²) in [4.78, 5) is 24.4. The highest BCUT2D eigenvalue weighted by molar-refractivity contribution is 5.72. The van der Waals surface area contributed by atoms with Gasteiger partial charge in [-0.15, -0.1) is 0 Å². The first-order valence-corrected chi connectivity index (χ1v) is 9.64. The quantitative estimate of drug-likeness (QED) is 0.506. The van der Waals surface area contributed by atoms with Gasteiger partial charge in [0.1, 0.15) is 5.82 Å². The van der Waals surface area contributed by atoms with Gasteiger partial charge in [0.25, 0.3) is 0 Å². The molecule has 0 saturated carbocycles. The van der Waals surface area contributed by atoms with Crippen molar-refractivity contribution in [3.63, 3.8) is 0 Å². The van der Waals surface area contributed by atoms with Crippen molar-refractivity contribution in [3.05, 3.63) is 59.9 Å². The number of aryl methyl sites for hydroxylation is 2. The van der Waals surface area contributed by atoms with Gasteiger partial charge in [0.2, 0.25) is 11.9 Å². The van der Waals surface area contributed by atoms with Crippen LogP contribution in [0.2, 0.25) is 0 Å². The van der Waals surface area contributed by atoms with Crippen molar-refractivity contribution in [2.45, 2.75) is 27.2 Å². The van der Waals surface area contributed by atoms with Gasteiger partial charge in [0, 0.05) is 43.2 Å². The van der Waals surface area contributed by atoms with E-state index in [0.717, 1.165) is 41.4 Å². The van der Waals surface area contributed by atoms with Crippen LogP contribution in [0.3, 0.4) is 0 Å². The first-order valence-electron chi connectivity index (χ1n) is 9.64. The number of nitrogens with zero attached hydrogens (tertiary/aromatic N) is 3. The number of hydrogen-bond acceptors (Lipinski definition) is 6. The second-order valence-electron chi connectivity index (χ2n) is 6.91. The summed E-state index contributed by atoms with van der Waals surface area (Å²) in [5, 5.41) is 9.34. The lowest BCUT2D eigenvalue weighted by atomic mass is 10.1. The van der Waals surface area contributed by atoms with Gasteiger partial charge in [0.05, 0.1) is 5.69 Å². The van der Waals surface area contributed by atoms with E-state index < -0.39 is 0 Å². The fraction of sp³-hybridized carbons (Fsp3) is 0.273. The molecule has 150 valence electrons. The Morgan fingerprint density at radius 2 is 1.90 bits per heavy atom. The number of benzene rings is 1. The summed E-state index contributed by atoms with van der Waals surface area (Å²) in [6, 6.07) is 14.0. The van der Waals surface area contributed by atoms with Crippen LogP contribution in [-0.2, 0) is 4.79 Å². The maximum atomic E-state index is 10.9. The zero-order valence-corrected chi connectivity index (χ0v) is 17.0. The molecule has 7 heteroatoms. The molecule has 3 rings (SSSR count). The molecule has 0 atom stereocenters. The molecule has 29 heavy (non-hydrogen) atoms. The number of anilines is 3. The molecular formula is C22H26N6O. The number of pyridine rings is 1. The number of nitrogens with one attached hydrogen (secondary N) is 3. The predicted molar refractivity (Wildman–Crippen MR) is 116 cm³/mol. The fourth-order valence-corrected chi connectivity index (χ4v) is 2.88. The molecule has 0 aliphatic heterocycles. The minimum atomic E-state index is -0.0145. The summed E-state index contributed by atoms with van der Waals surface area (Å²) in [6.45, 7) is 6.88. The average molecular weight is 390 g/mol. The van der Waals surface area contributed by atoms with Crippen LogP contribution in [0.4, 0.5) is 17.5 Å². The van der Waals surface area contributed by atoms with Crippen molar-refractivity contribution in [3.8, 4) is 11.3 Å². The summed E-state index contributed by atoms with van der Waals surface area (Å²) >= 11 is 0. The van der Waals surface area contributed by atoms with Gasteiger partial charge < -0.3 is 16.0 Å². The average Bonchev–Trinajstić information content (AvgIpc) is 2.67. The van der Waals surface area contributed by atoms with E-state index >= 15 is 0 Å². The molecule has 1 aromatic carbocycles. The van der Waals surface area contributed by atoms with Gasteiger partial charge in [0.15, 0.2) is 0 Å². The molecule has 0 spiro atoms. The first kappa shape index (κ1) is 20.3. The van der Waals surface area contributed by atoms with Crippen molar-refractivity contribution in [1.82, 2.24) is 20.3 Å². The molecule has 3 aromatic rings. The molecule has 0 saturated heterocycles. The van der Waals surface area contributed by atoms with E-state index in [-0.39, 0.29) is 5.91 Å². The van der Waals surface area contributed by atoms with Crippen LogP contribution in [0.1, 0.15) is 24.6 Å². The SMILES string of the molecule is CC(=O)NCCCNc1cc(-c2cc(C)nc(Nc3cccc(C)c3)n2)ccn1. The van der Waals surface area contributed by atoms with Crippen LogP contribution < -0.4 is 16.0 Å². The van der Waals surface area contributed by atoms with Crippen LogP contribution in [0.5, 0.6) is 0 Å². The molecule has 0 bridgehead atoms. The van der Waals surface area contributed by atoms with E-state index in [0.29, 0.717) is 12.5 Å². The van der Waals surface area contributed by atoms with Gasteiger partial charge >= 0.3 is 0 Å². The minimum absolute atomic E-state index is 0.0145. The third kappa shape index (κ3) is 6.27. The highest BCUT2D eigenvalue weighted by Gasteiger charge is 2.07. The summed E-state index contributed by atoms with van der Waals surface area (Å²) < 4.78 is 0. The third-order valence-electron chi connectivity index (χ3n) is 4.22. The van der Waals surface area contributed by atoms with E-state index in [1.807, 2.05) is 37.3 Å². The van der Waals surface area contributed by atoms with Crippen molar-refractivity contribution < 1.29 is 4.79 Å². The van der Waals surface area contributed by atoms with E-state index in [4.69, 9.17) is 0 Å². The number of amides is 1. The largest absolute Gasteiger partial charge is 0.370 e. The molecule has 2 aromatic heterocycles. The number of carbonyl (C=O) groups excluding carboxylic acids is 1. The molecule has 0 aliphatic carbocycles. The molecule has 0 radical (unpaired) electrons. The van der Waals surface area contributed by atoms with E-state index in [9.17, 15) is 4.79 Å². The number of aromatic nitrogens is 3. The molecule has 0 fully saturated rings. The van der Waals surface area contributed by atoms with Gasteiger partial charge in [-0.2, -0.15) is 0 Å². The number of hydrogen-bond donors (Lipinski definition) is 3. The second kappa shape index (κ2) is 9.64. The Kier molecular flexibility index (Phi) is 6.73. The monoisotopic (exact) mass is 390 g/mol. The molecule has 1 amide bonds. The highest BCUT2D eigenvalue weighted by atomic mass is 16.1. The molecular weight excluding hydrogens is 364 g/mol. The Balaban J connectivity index is 1.71. The smallest absolute Gasteiger partial charge is 0.227 e. The maximum absolute atomic E-state index is 10.9. The summed E-state index contributed by atoms with van der Waals surface area (Å²) in [7, 11) is 0. The van der Waals surface area contributed by atoms with Gasteiger partial charge in [-0.05, 0) is 56.2 Å². The molecule has 0 aliphatic rings. The lowest BCUT2D eigenvalue weighted by molar-refractivity contribution is -0.118. The maximum Gasteiger partial charge on any atom is 0.227 e.